The molecule has 0 spiro atoms. The molecule has 0 aromatic heterocycles. The van der Waals surface area contributed by atoms with Crippen LogP contribution in [0.5, 0.6) is 0 Å². The predicted octanol–water partition coefficient (Wildman–Crippen LogP) is 3.55. The van der Waals surface area contributed by atoms with Gasteiger partial charge in [0.15, 0.2) is 0 Å². The number of amides is 1. The van der Waals surface area contributed by atoms with Crippen LogP contribution in [0.4, 0.5) is 5.69 Å². The number of hydrogen-bond donors (Lipinski definition) is 1. The van der Waals surface area contributed by atoms with Crippen LogP contribution >= 0.6 is 11.6 Å². The van der Waals surface area contributed by atoms with E-state index in [-0.39, 0.29) is 5.91 Å². The number of halogens is 1. The summed E-state index contributed by atoms with van der Waals surface area (Å²) in [5.41, 5.74) is 2.60. The van der Waals surface area contributed by atoms with Gasteiger partial charge in [0.1, 0.15) is 0 Å². The van der Waals surface area contributed by atoms with Gasteiger partial charge in [-0.3, -0.25) is 4.79 Å². The molecule has 3 nitrogen and oxygen atoms in total. The first-order chi connectivity index (χ1) is 9.24. The molecule has 1 N–H and O–H groups in total. The lowest BCUT2D eigenvalue weighted by atomic mass is 10.1. The van der Waals surface area contributed by atoms with Crippen LogP contribution in [0, 0.1) is 11.3 Å². The maximum atomic E-state index is 12.0. The third-order valence-electron chi connectivity index (χ3n) is 2.69. The molecule has 19 heavy (non-hydrogen) atoms. The number of carbonyl (C=O) groups is 1. The molecule has 0 radical (unpaired) electrons. The van der Waals surface area contributed by atoms with Gasteiger partial charge >= 0.3 is 0 Å². The summed E-state index contributed by atoms with van der Waals surface area (Å²) in [5, 5.41) is 11.5. The predicted molar refractivity (Wildman–Crippen MR) is 75.1 cm³/mol. The Morgan fingerprint density at radius 1 is 1.16 bits per heavy atom. The molecule has 0 saturated carbocycles. The third kappa shape index (κ3) is 3.12. The Kier molecular flexibility index (Phi) is 4.17. The van der Waals surface area contributed by atoms with E-state index < -0.39 is 0 Å². The fourth-order valence-corrected chi connectivity index (χ4v) is 1.88. The second kappa shape index (κ2) is 6.03. The van der Waals surface area contributed by atoms with Gasteiger partial charge in [0.25, 0.3) is 5.91 Å². The molecule has 0 saturated heterocycles. The van der Waals surface area contributed by atoms with Crippen molar-refractivity contribution in [2.24, 2.45) is 0 Å². The third-order valence-corrected chi connectivity index (χ3v) is 2.97. The van der Waals surface area contributed by atoms with E-state index in [0.717, 1.165) is 5.56 Å². The van der Waals surface area contributed by atoms with Crippen molar-refractivity contribution in [2.45, 2.75) is 5.88 Å². The van der Waals surface area contributed by atoms with Gasteiger partial charge in [0.2, 0.25) is 0 Å². The number of benzene rings is 2. The highest BCUT2D eigenvalue weighted by Gasteiger charge is 2.08. The lowest BCUT2D eigenvalue weighted by molar-refractivity contribution is 0.102. The lowest BCUT2D eigenvalue weighted by Crippen LogP contribution is -2.12. The summed E-state index contributed by atoms with van der Waals surface area (Å²) in [6.45, 7) is 0. The zero-order valence-corrected chi connectivity index (χ0v) is 10.8. The van der Waals surface area contributed by atoms with Crippen LogP contribution in [0.1, 0.15) is 21.5 Å². The van der Waals surface area contributed by atoms with Crippen LogP contribution in [-0.2, 0) is 5.88 Å². The molecule has 0 aliphatic carbocycles. The molecular weight excluding hydrogens is 260 g/mol. The molecule has 2 rings (SSSR count). The Morgan fingerprint density at radius 3 is 2.47 bits per heavy atom. The van der Waals surface area contributed by atoms with Gasteiger partial charge in [0, 0.05) is 17.1 Å². The Morgan fingerprint density at radius 2 is 1.84 bits per heavy atom. The van der Waals surface area contributed by atoms with Crippen molar-refractivity contribution in [1.29, 1.82) is 5.26 Å². The molecule has 4 heteroatoms. The summed E-state index contributed by atoms with van der Waals surface area (Å²) < 4.78 is 0. The van der Waals surface area contributed by atoms with Crippen molar-refractivity contribution < 1.29 is 4.79 Å². The number of anilines is 1. The number of carbonyl (C=O) groups excluding carboxylic acids is 1. The number of nitrogens with zero attached hydrogens (tertiary/aromatic N) is 1. The van der Waals surface area contributed by atoms with Gasteiger partial charge in [-0.2, -0.15) is 5.26 Å². The summed E-state index contributed by atoms with van der Waals surface area (Å²) in [4.78, 5) is 12.0. The molecule has 0 aliphatic heterocycles. The summed E-state index contributed by atoms with van der Waals surface area (Å²) in [6, 6.07) is 15.9. The molecule has 1 amide bonds. The van der Waals surface area contributed by atoms with Crippen molar-refractivity contribution in [2.75, 3.05) is 5.32 Å². The van der Waals surface area contributed by atoms with Crippen molar-refractivity contribution in [3.05, 3.63) is 65.2 Å². The van der Waals surface area contributed by atoms with Gasteiger partial charge in [0.05, 0.1) is 11.6 Å². The van der Waals surface area contributed by atoms with E-state index in [1.54, 1.807) is 30.3 Å². The second-order valence-electron chi connectivity index (χ2n) is 3.93. The minimum Gasteiger partial charge on any atom is -0.322 e. The van der Waals surface area contributed by atoms with Crippen LogP contribution < -0.4 is 5.32 Å². The zero-order valence-electron chi connectivity index (χ0n) is 10.1. The summed E-state index contributed by atoms with van der Waals surface area (Å²) in [6.07, 6.45) is 0. The van der Waals surface area contributed by atoms with Gasteiger partial charge < -0.3 is 5.32 Å². The van der Waals surface area contributed by atoms with Crippen LogP contribution in [0.2, 0.25) is 0 Å². The second-order valence-corrected chi connectivity index (χ2v) is 4.20. The summed E-state index contributed by atoms with van der Waals surface area (Å²) in [7, 11) is 0. The summed E-state index contributed by atoms with van der Waals surface area (Å²) in [5.74, 6) is 0.117. The first-order valence-electron chi connectivity index (χ1n) is 5.70. The average molecular weight is 271 g/mol. The van der Waals surface area contributed by atoms with E-state index in [2.05, 4.69) is 5.32 Å². The van der Waals surface area contributed by atoms with Crippen LogP contribution in [0.25, 0.3) is 0 Å². The average Bonchev–Trinajstić information content (AvgIpc) is 2.48. The van der Waals surface area contributed by atoms with E-state index in [1.807, 2.05) is 24.3 Å². The summed E-state index contributed by atoms with van der Waals surface area (Å²) >= 11 is 5.81. The number of nitrogens with one attached hydrogen (secondary N) is 1. The molecule has 0 atom stereocenters. The largest absolute Gasteiger partial charge is 0.322 e. The smallest absolute Gasteiger partial charge is 0.255 e. The first kappa shape index (κ1) is 13.1. The van der Waals surface area contributed by atoms with Crippen LogP contribution in [0.15, 0.2) is 48.5 Å². The molecule has 0 fully saturated rings. The Labute approximate surface area is 116 Å². The van der Waals surface area contributed by atoms with E-state index in [1.165, 1.54) is 0 Å². The number of rotatable bonds is 3. The Bertz CT molecular complexity index is 629. The Balaban J connectivity index is 2.18. The molecule has 2 aromatic rings. The molecule has 0 unspecified atom stereocenters. The van der Waals surface area contributed by atoms with Gasteiger partial charge in [-0.1, -0.05) is 18.2 Å². The van der Waals surface area contributed by atoms with Crippen molar-refractivity contribution in [1.82, 2.24) is 0 Å². The van der Waals surface area contributed by atoms with Crippen LogP contribution in [0.3, 0.4) is 0 Å². The first-order valence-corrected chi connectivity index (χ1v) is 6.23. The number of hydrogen-bond acceptors (Lipinski definition) is 2. The lowest BCUT2D eigenvalue weighted by Gasteiger charge is -2.09. The van der Waals surface area contributed by atoms with E-state index >= 15 is 0 Å². The standard InChI is InChI=1S/C15H11ClN2O/c16-9-13-3-1-2-4-14(13)18-15(19)12-7-5-11(10-17)6-8-12/h1-8H,9H2,(H,18,19). The van der Waals surface area contributed by atoms with Crippen molar-refractivity contribution >= 4 is 23.2 Å². The SMILES string of the molecule is N#Cc1ccc(C(=O)Nc2ccccc2CCl)cc1. The molecule has 94 valence electrons. The van der Waals surface area contributed by atoms with Crippen molar-refractivity contribution in [3.63, 3.8) is 0 Å². The number of alkyl halides is 1. The number of para-hydroxylation sites is 1. The fourth-order valence-electron chi connectivity index (χ4n) is 1.65. The van der Waals surface area contributed by atoms with E-state index in [0.29, 0.717) is 22.7 Å². The quantitative estimate of drug-likeness (QED) is 0.867. The maximum absolute atomic E-state index is 12.0. The minimum absolute atomic E-state index is 0.220. The topological polar surface area (TPSA) is 52.9 Å². The molecule has 0 heterocycles. The zero-order chi connectivity index (χ0) is 13.7. The highest BCUT2D eigenvalue weighted by molar-refractivity contribution is 6.17. The van der Waals surface area contributed by atoms with Gasteiger partial charge in [-0.05, 0) is 35.9 Å². The highest BCUT2D eigenvalue weighted by Crippen LogP contribution is 2.18. The Hall–Kier alpha value is -2.31. The van der Waals surface area contributed by atoms with Gasteiger partial charge in [-0.15, -0.1) is 11.6 Å². The normalized spacial score (nSPS) is 9.68. The minimum atomic E-state index is -0.220. The van der Waals surface area contributed by atoms with Crippen molar-refractivity contribution in [3.8, 4) is 6.07 Å². The van der Waals surface area contributed by atoms with E-state index in [9.17, 15) is 4.79 Å². The monoisotopic (exact) mass is 270 g/mol. The molecule has 0 aliphatic rings. The van der Waals surface area contributed by atoms with E-state index in [4.69, 9.17) is 16.9 Å². The molecule has 0 bridgehead atoms. The molecule has 2 aromatic carbocycles. The highest BCUT2D eigenvalue weighted by atomic mass is 35.5. The number of nitriles is 1. The maximum Gasteiger partial charge on any atom is 0.255 e. The van der Waals surface area contributed by atoms with Crippen LogP contribution in [-0.4, -0.2) is 5.91 Å². The van der Waals surface area contributed by atoms with Gasteiger partial charge in [-0.25, -0.2) is 0 Å². The molecular formula is C15H11ClN2O. The fraction of sp³-hybridized carbons (Fsp3) is 0.0667.